The van der Waals surface area contributed by atoms with Crippen molar-refractivity contribution in [2.75, 3.05) is 13.1 Å². The molecule has 1 aromatic heterocycles. The molecule has 3 rings (SSSR count). The molecule has 1 aromatic rings. The first-order valence-corrected chi connectivity index (χ1v) is 8.62. The molecule has 3 heteroatoms. The van der Waals surface area contributed by atoms with Gasteiger partial charge in [0.2, 0.25) is 0 Å². The number of aliphatic hydroxyl groups excluding tert-OH is 1. The van der Waals surface area contributed by atoms with Crippen LogP contribution in [-0.2, 0) is 6.54 Å². The zero-order valence-corrected chi connectivity index (χ0v) is 12.5. The van der Waals surface area contributed by atoms with Crippen molar-refractivity contribution in [1.82, 2.24) is 4.90 Å². The Morgan fingerprint density at radius 1 is 1.05 bits per heavy atom. The first-order valence-electron chi connectivity index (χ1n) is 7.80. The quantitative estimate of drug-likeness (QED) is 0.911. The van der Waals surface area contributed by atoms with Gasteiger partial charge in [-0.2, -0.15) is 0 Å². The molecular weight excluding hydrogens is 254 g/mol. The maximum Gasteiger partial charge on any atom is 0.0564 e. The highest BCUT2D eigenvalue weighted by Crippen LogP contribution is 2.36. The monoisotopic (exact) mass is 279 g/mol. The SMILES string of the molecule is OC1CCN(Cc2ccc(C3CCCCC3)s2)CC1. The first kappa shape index (κ1) is 13.6. The van der Waals surface area contributed by atoms with Crippen LogP contribution < -0.4 is 0 Å². The van der Waals surface area contributed by atoms with Crippen LogP contribution in [0.1, 0.15) is 60.6 Å². The van der Waals surface area contributed by atoms with Crippen LogP contribution in [0.2, 0.25) is 0 Å². The number of piperidine rings is 1. The lowest BCUT2D eigenvalue weighted by molar-refractivity contribution is 0.0797. The topological polar surface area (TPSA) is 23.5 Å². The van der Waals surface area contributed by atoms with Gasteiger partial charge in [0.1, 0.15) is 0 Å². The molecule has 1 saturated carbocycles. The number of rotatable bonds is 3. The molecule has 0 radical (unpaired) electrons. The molecule has 1 saturated heterocycles. The van der Waals surface area contributed by atoms with Crippen molar-refractivity contribution in [2.45, 2.75) is 63.5 Å². The smallest absolute Gasteiger partial charge is 0.0564 e. The summed E-state index contributed by atoms with van der Waals surface area (Å²) in [7, 11) is 0. The second-order valence-electron chi connectivity index (χ2n) is 6.15. The summed E-state index contributed by atoms with van der Waals surface area (Å²) in [5.41, 5.74) is 0. The number of likely N-dealkylation sites (tertiary alicyclic amines) is 1. The second kappa shape index (κ2) is 6.38. The van der Waals surface area contributed by atoms with Gasteiger partial charge < -0.3 is 5.11 Å². The molecule has 106 valence electrons. The van der Waals surface area contributed by atoms with Crippen LogP contribution in [0.25, 0.3) is 0 Å². The van der Waals surface area contributed by atoms with Crippen molar-refractivity contribution in [3.05, 3.63) is 21.9 Å². The molecular formula is C16H25NOS. The summed E-state index contributed by atoms with van der Waals surface area (Å²) in [6.45, 7) is 3.19. The third kappa shape index (κ3) is 3.59. The molecule has 0 unspecified atom stereocenters. The van der Waals surface area contributed by atoms with E-state index in [1.807, 2.05) is 11.3 Å². The lowest BCUT2D eigenvalue weighted by Gasteiger charge is -2.28. The molecule has 2 nitrogen and oxygen atoms in total. The van der Waals surface area contributed by atoms with Gasteiger partial charge in [0.25, 0.3) is 0 Å². The highest BCUT2D eigenvalue weighted by molar-refractivity contribution is 7.12. The Bertz CT molecular complexity index is 389. The van der Waals surface area contributed by atoms with Crippen molar-refractivity contribution in [2.24, 2.45) is 0 Å². The summed E-state index contributed by atoms with van der Waals surface area (Å²) in [6.07, 6.45) is 8.90. The van der Waals surface area contributed by atoms with E-state index in [1.54, 1.807) is 4.88 Å². The molecule has 0 aromatic carbocycles. The predicted octanol–water partition coefficient (Wildman–Crippen LogP) is 3.75. The summed E-state index contributed by atoms with van der Waals surface area (Å²) in [5, 5.41) is 9.54. The molecule has 1 aliphatic heterocycles. The Morgan fingerprint density at radius 2 is 1.79 bits per heavy atom. The Morgan fingerprint density at radius 3 is 2.53 bits per heavy atom. The molecule has 0 bridgehead atoms. The Kier molecular flexibility index (Phi) is 4.57. The van der Waals surface area contributed by atoms with Gasteiger partial charge in [-0.15, -0.1) is 11.3 Å². The fourth-order valence-electron chi connectivity index (χ4n) is 3.38. The van der Waals surface area contributed by atoms with Crippen molar-refractivity contribution < 1.29 is 5.11 Å². The summed E-state index contributed by atoms with van der Waals surface area (Å²) >= 11 is 2.03. The summed E-state index contributed by atoms with van der Waals surface area (Å²) in [6, 6.07) is 4.70. The molecule has 2 aliphatic rings. The Hall–Kier alpha value is -0.380. The maximum absolute atomic E-state index is 9.54. The summed E-state index contributed by atoms with van der Waals surface area (Å²) < 4.78 is 0. The minimum Gasteiger partial charge on any atom is -0.393 e. The van der Waals surface area contributed by atoms with Crippen LogP contribution in [0, 0.1) is 0 Å². The molecule has 1 aliphatic carbocycles. The second-order valence-corrected chi connectivity index (χ2v) is 7.35. The largest absolute Gasteiger partial charge is 0.393 e. The van der Waals surface area contributed by atoms with Gasteiger partial charge in [0.15, 0.2) is 0 Å². The van der Waals surface area contributed by atoms with E-state index in [0.717, 1.165) is 38.4 Å². The zero-order valence-electron chi connectivity index (χ0n) is 11.7. The standard InChI is InChI=1S/C16H25NOS/c18-14-8-10-17(11-9-14)12-15-6-7-16(19-15)13-4-2-1-3-5-13/h6-7,13-14,18H,1-5,8-12H2. The first-order chi connectivity index (χ1) is 9.31. The number of aliphatic hydroxyl groups is 1. The van der Waals surface area contributed by atoms with Gasteiger partial charge in [-0.1, -0.05) is 19.3 Å². The predicted molar refractivity (Wildman–Crippen MR) is 80.7 cm³/mol. The highest BCUT2D eigenvalue weighted by Gasteiger charge is 2.20. The van der Waals surface area contributed by atoms with Gasteiger partial charge >= 0.3 is 0 Å². The van der Waals surface area contributed by atoms with Gasteiger partial charge in [0, 0.05) is 29.4 Å². The van der Waals surface area contributed by atoms with Crippen LogP contribution in [-0.4, -0.2) is 29.2 Å². The molecule has 1 N–H and O–H groups in total. The molecule has 0 amide bonds. The summed E-state index contributed by atoms with van der Waals surface area (Å²) in [5.74, 6) is 0.843. The van der Waals surface area contributed by atoms with Crippen LogP contribution in [0.5, 0.6) is 0 Å². The van der Waals surface area contributed by atoms with Crippen LogP contribution in [0.4, 0.5) is 0 Å². The van der Waals surface area contributed by atoms with Crippen molar-refractivity contribution >= 4 is 11.3 Å². The number of hydrogen-bond acceptors (Lipinski definition) is 3. The van der Waals surface area contributed by atoms with Gasteiger partial charge in [-0.05, 0) is 43.7 Å². The van der Waals surface area contributed by atoms with Gasteiger partial charge in [-0.25, -0.2) is 0 Å². The summed E-state index contributed by atoms with van der Waals surface area (Å²) in [4.78, 5) is 5.62. The minimum absolute atomic E-state index is 0.0580. The average Bonchev–Trinajstić information content (AvgIpc) is 2.91. The molecule has 0 spiro atoms. The fraction of sp³-hybridized carbons (Fsp3) is 0.750. The van der Waals surface area contributed by atoms with Crippen molar-refractivity contribution in [3.8, 4) is 0 Å². The van der Waals surface area contributed by atoms with Gasteiger partial charge in [0.05, 0.1) is 6.10 Å². The van der Waals surface area contributed by atoms with E-state index < -0.39 is 0 Å². The average molecular weight is 279 g/mol. The fourth-order valence-corrected chi connectivity index (χ4v) is 4.61. The lowest BCUT2D eigenvalue weighted by Crippen LogP contribution is -2.35. The van der Waals surface area contributed by atoms with E-state index in [4.69, 9.17) is 0 Å². The number of thiophene rings is 1. The Balaban J connectivity index is 1.55. The van der Waals surface area contributed by atoms with E-state index in [9.17, 15) is 5.11 Å². The van der Waals surface area contributed by atoms with E-state index in [2.05, 4.69) is 17.0 Å². The minimum atomic E-state index is -0.0580. The number of hydrogen-bond donors (Lipinski definition) is 1. The van der Waals surface area contributed by atoms with Crippen molar-refractivity contribution in [3.63, 3.8) is 0 Å². The molecule has 2 heterocycles. The van der Waals surface area contributed by atoms with Crippen LogP contribution in [0.15, 0.2) is 12.1 Å². The van der Waals surface area contributed by atoms with E-state index >= 15 is 0 Å². The zero-order chi connectivity index (χ0) is 13.1. The third-order valence-corrected chi connectivity index (χ3v) is 5.86. The molecule has 2 fully saturated rings. The van der Waals surface area contributed by atoms with E-state index in [1.165, 1.54) is 37.0 Å². The van der Waals surface area contributed by atoms with Gasteiger partial charge in [-0.3, -0.25) is 4.90 Å². The van der Waals surface area contributed by atoms with Crippen LogP contribution in [0.3, 0.4) is 0 Å². The van der Waals surface area contributed by atoms with Crippen molar-refractivity contribution in [1.29, 1.82) is 0 Å². The molecule has 19 heavy (non-hydrogen) atoms. The molecule has 0 atom stereocenters. The lowest BCUT2D eigenvalue weighted by atomic mass is 9.88. The Labute approximate surface area is 120 Å². The van der Waals surface area contributed by atoms with E-state index in [-0.39, 0.29) is 6.10 Å². The number of nitrogens with zero attached hydrogens (tertiary/aromatic N) is 1. The maximum atomic E-state index is 9.54. The third-order valence-electron chi connectivity index (χ3n) is 4.63. The van der Waals surface area contributed by atoms with Crippen LogP contribution >= 0.6 is 11.3 Å². The normalized spacial score (nSPS) is 23.8. The van der Waals surface area contributed by atoms with E-state index in [0.29, 0.717) is 0 Å². The highest BCUT2D eigenvalue weighted by atomic mass is 32.1.